The topological polar surface area (TPSA) is 0 Å². The normalized spacial score (nSPS) is 16.3. The largest absolute Gasteiger partial charge is 0.205 e. The van der Waals surface area contributed by atoms with Gasteiger partial charge in [0, 0.05) is 11.1 Å². The van der Waals surface area contributed by atoms with Crippen molar-refractivity contribution in [1.29, 1.82) is 0 Å². The minimum absolute atomic E-state index is 0.183. The molecule has 0 bridgehead atoms. The maximum atomic E-state index is 15.2. The molecule has 0 amide bonds. The van der Waals surface area contributed by atoms with Crippen molar-refractivity contribution in [3.63, 3.8) is 0 Å². The average Bonchev–Trinajstić information content (AvgIpc) is 2.82. The molecule has 1 unspecified atom stereocenters. The van der Waals surface area contributed by atoms with E-state index >= 15 is 4.39 Å². The summed E-state index contributed by atoms with van der Waals surface area (Å²) in [6, 6.07) is 20.2. The molecule has 4 rings (SSSR count). The maximum Gasteiger partial charge on any atom is 0.150 e. The third-order valence-electron chi connectivity index (χ3n) is 6.54. The molecule has 31 heavy (non-hydrogen) atoms. The number of rotatable bonds is 6. The first kappa shape index (κ1) is 21.8. The van der Waals surface area contributed by atoms with Gasteiger partial charge in [0.1, 0.15) is 5.82 Å². The van der Waals surface area contributed by atoms with Gasteiger partial charge in [-0.05, 0) is 59.4 Å². The molecule has 0 radical (unpaired) electrons. The van der Waals surface area contributed by atoms with E-state index in [1.807, 2.05) is 36.4 Å². The summed E-state index contributed by atoms with van der Waals surface area (Å²) < 4.78 is 15.2. The van der Waals surface area contributed by atoms with Gasteiger partial charge in [-0.3, -0.25) is 0 Å². The van der Waals surface area contributed by atoms with Crippen LogP contribution in [0.5, 0.6) is 0 Å². The van der Waals surface area contributed by atoms with Crippen LogP contribution in [0.1, 0.15) is 57.1 Å². The summed E-state index contributed by atoms with van der Waals surface area (Å²) in [4.78, 5) is 0. The van der Waals surface area contributed by atoms with E-state index in [1.165, 1.54) is 42.4 Å². The van der Waals surface area contributed by atoms with E-state index < -0.39 is 0 Å². The van der Waals surface area contributed by atoms with Crippen molar-refractivity contribution >= 4 is 17.2 Å². The first-order valence-electron chi connectivity index (χ1n) is 11.5. The highest BCUT2D eigenvalue weighted by Gasteiger charge is 2.17. The highest BCUT2D eigenvalue weighted by Crippen LogP contribution is 2.37. The lowest BCUT2D eigenvalue weighted by Crippen LogP contribution is -2.05. The van der Waals surface area contributed by atoms with E-state index in [-0.39, 0.29) is 10.8 Å². The lowest BCUT2D eigenvalue weighted by atomic mass is 9.84. The van der Waals surface area contributed by atoms with Gasteiger partial charge < -0.3 is 0 Å². The zero-order chi connectivity index (χ0) is 21.8. The predicted molar refractivity (Wildman–Crippen MR) is 132 cm³/mol. The highest BCUT2D eigenvalue weighted by molar-refractivity contribution is 6.33. The molecule has 0 nitrogen and oxygen atoms in total. The van der Waals surface area contributed by atoms with E-state index in [9.17, 15) is 0 Å². The Morgan fingerprint density at radius 3 is 2.06 bits per heavy atom. The molecule has 3 aromatic rings. The molecule has 0 aliphatic heterocycles. The predicted octanol–water partition coefficient (Wildman–Crippen LogP) is 9.36. The third-order valence-corrected chi connectivity index (χ3v) is 6.91. The lowest BCUT2D eigenvalue weighted by molar-refractivity contribution is 0.445. The molecule has 160 valence electrons. The van der Waals surface area contributed by atoms with Crippen LogP contribution in [0.2, 0.25) is 5.02 Å². The Morgan fingerprint density at radius 1 is 0.839 bits per heavy atom. The van der Waals surface area contributed by atoms with Gasteiger partial charge in [-0.2, -0.15) is 0 Å². The zero-order valence-corrected chi connectivity index (χ0v) is 19.2. The summed E-state index contributed by atoms with van der Waals surface area (Å²) in [5.41, 5.74) is 7.00. The van der Waals surface area contributed by atoms with Crippen LogP contribution in [-0.4, -0.2) is 0 Å². The van der Waals surface area contributed by atoms with E-state index in [2.05, 4.69) is 44.2 Å². The number of allylic oxidation sites excluding steroid dienone is 2. The van der Waals surface area contributed by atoms with Gasteiger partial charge in [-0.1, -0.05) is 105 Å². The van der Waals surface area contributed by atoms with Crippen molar-refractivity contribution in [2.45, 2.75) is 52.4 Å². The van der Waals surface area contributed by atoms with E-state index in [0.717, 1.165) is 35.4 Å². The minimum atomic E-state index is -0.356. The van der Waals surface area contributed by atoms with Crippen LogP contribution in [0.15, 0.2) is 66.7 Å². The maximum absolute atomic E-state index is 15.2. The molecular weight excluding hydrogens is 403 g/mol. The molecule has 0 aromatic heterocycles. The van der Waals surface area contributed by atoms with Gasteiger partial charge in [-0.25, -0.2) is 4.39 Å². The number of hydrogen-bond acceptors (Lipinski definition) is 0. The van der Waals surface area contributed by atoms with Crippen molar-refractivity contribution in [1.82, 2.24) is 0 Å². The molecule has 0 N–H and O–H groups in total. The Balaban J connectivity index is 1.56. The van der Waals surface area contributed by atoms with E-state index in [1.54, 1.807) is 0 Å². The Kier molecular flexibility index (Phi) is 6.92. The van der Waals surface area contributed by atoms with Crippen molar-refractivity contribution < 1.29 is 4.39 Å². The molecule has 3 aromatic carbocycles. The van der Waals surface area contributed by atoms with Crippen molar-refractivity contribution in [2.24, 2.45) is 5.92 Å². The summed E-state index contributed by atoms with van der Waals surface area (Å²) in [6.07, 6.45) is 9.54. The Morgan fingerprint density at radius 2 is 1.45 bits per heavy atom. The fourth-order valence-corrected chi connectivity index (χ4v) is 4.87. The molecule has 0 saturated carbocycles. The number of halogens is 2. The number of aryl methyl sites for hydroxylation is 1. The fourth-order valence-electron chi connectivity index (χ4n) is 4.60. The van der Waals surface area contributed by atoms with E-state index in [4.69, 9.17) is 11.6 Å². The monoisotopic (exact) mass is 432 g/mol. The van der Waals surface area contributed by atoms with E-state index in [0.29, 0.717) is 5.56 Å². The third kappa shape index (κ3) is 4.77. The second kappa shape index (κ2) is 9.83. The zero-order valence-electron chi connectivity index (χ0n) is 18.4. The van der Waals surface area contributed by atoms with Gasteiger partial charge in [0.15, 0.2) is 0 Å². The standard InChI is InChI=1S/C29H30ClF/c1-3-5-21-8-10-22(11-9-21)23-14-16-25(17-15-23)27-19-18-26(28(30)29(27)31)24-12-6-20(4-2)7-13-24/h6-7,10,12-19,21H,3-5,8-9,11H2,1-2H3. The first-order valence-corrected chi connectivity index (χ1v) is 11.9. The molecular formula is C29H30ClF. The van der Waals surface area contributed by atoms with Crippen LogP contribution in [0.3, 0.4) is 0 Å². The van der Waals surface area contributed by atoms with Crippen LogP contribution in [0, 0.1) is 11.7 Å². The lowest BCUT2D eigenvalue weighted by Gasteiger charge is -2.21. The van der Waals surface area contributed by atoms with Gasteiger partial charge in [0.25, 0.3) is 0 Å². The van der Waals surface area contributed by atoms with Crippen LogP contribution >= 0.6 is 11.6 Å². The van der Waals surface area contributed by atoms with Crippen LogP contribution in [-0.2, 0) is 6.42 Å². The highest BCUT2D eigenvalue weighted by atomic mass is 35.5. The number of hydrogen-bond donors (Lipinski definition) is 0. The fraction of sp³-hybridized carbons (Fsp3) is 0.310. The molecule has 2 heteroatoms. The minimum Gasteiger partial charge on any atom is -0.205 e. The Bertz CT molecular complexity index is 1060. The Labute approximate surface area is 190 Å². The molecule has 0 fully saturated rings. The van der Waals surface area contributed by atoms with Gasteiger partial charge in [0.2, 0.25) is 0 Å². The molecule has 0 saturated heterocycles. The molecule has 0 spiro atoms. The number of benzene rings is 3. The smallest absolute Gasteiger partial charge is 0.150 e. The SMILES string of the molecule is CCCC1CC=C(c2ccc(-c3ccc(-c4ccc(CC)cc4)c(Cl)c3F)cc2)CC1. The molecule has 1 aliphatic carbocycles. The first-order chi connectivity index (χ1) is 15.1. The Hall–Kier alpha value is -2.38. The molecule has 1 atom stereocenters. The van der Waals surface area contributed by atoms with Crippen molar-refractivity contribution in [3.8, 4) is 22.3 Å². The van der Waals surface area contributed by atoms with Crippen molar-refractivity contribution in [3.05, 3.63) is 88.7 Å². The van der Waals surface area contributed by atoms with Gasteiger partial charge in [-0.15, -0.1) is 0 Å². The average molecular weight is 433 g/mol. The second-order valence-corrected chi connectivity index (χ2v) is 8.95. The summed E-state index contributed by atoms with van der Waals surface area (Å²) >= 11 is 6.46. The van der Waals surface area contributed by atoms with Crippen molar-refractivity contribution in [2.75, 3.05) is 0 Å². The summed E-state index contributed by atoms with van der Waals surface area (Å²) in [6.45, 7) is 4.38. The van der Waals surface area contributed by atoms with Gasteiger partial charge in [0.05, 0.1) is 5.02 Å². The summed E-state index contributed by atoms with van der Waals surface area (Å²) in [7, 11) is 0. The molecule has 0 heterocycles. The molecule has 1 aliphatic rings. The second-order valence-electron chi connectivity index (χ2n) is 8.57. The van der Waals surface area contributed by atoms with Crippen LogP contribution < -0.4 is 0 Å². The van der Waals surface area contributed by atoms with Gasteiger partial charge >= 0.3 is 0 Å². The summed E-state index contributed by atoms with van der Waals surface area (Å²) in [5.74, 6) is 0.478. The van der Waals surface area contributed by atoms with Crippen LogP contribution in [0.4, 0.5) is 4.39 Å². The quantitative estimate of drug-likeness (QED) is 0.364. The summed E-state index contributed by atoms with van der Waals surface area (Å²) in [5, 5.41) is 0.183. The van der Waals surface area contributed by atoms with Crippen LogP contribution in [0.25, 0.3) is 27.8 Å².